The van der Waals surface area contributed by atoms with E-state index in [0.717, 1.165) is 19.3 Å². The van der Waals surface area contributed by atoms with Crippen molar-refractivity contribution in [3.05, 3.63) is 0 Å². The molecule has 22 heavy (non-hydrogen) atoms. The SMILES string of the molecule is COC(=O)[C@@H]1CC[C@H]2CC[C@H](Cl)C[C@H]2N1C(=O)OC(C)(C)C. The van der Waals surface area contributed by atoms with Gasteiger partial charge in [0.1, 0.15) is 11.6 Å². The van der Waals surface area contributed by atoms with Crippen molar-refractivity contribution in [3.63, 3.8) is 0 Å². The number of methoxy groups -OCH3 is 1. The number of ether oxygens (including phenoxy) is 2. The summed E-state index contributed by atoms with van der Waals surface area (Å²) < 4.78 is 10.4. The fourth-order valence-electron chi connectivity index (χ4n) is 3.52. The van der Waals surface area contributed by atoms with E-state index in [0.29, 0.717) is 18.8 Å². The number of carbonyl (C=O) groups is 2. The molecule has 6 heteroatoms. The van der Waals surface area contributed by atoms with E-state index in [4.69, 9.17) is 21.1 Å². The Morgan fingerprint density at radius 3 is 2.36 bits per heavy atom. The van der Waals surface area contributed by atoms with Crippen molar-refractivity contribution in [2.75, 3.05) is 7.11 Å². The molecule has 4 atom stereocenters. The Morgan fingerprint density at radius 1 is 1.14 bits per heavy atom. The number of esters is 1. The Labute approximate surface area is 137 Å². The van der Waals surface area contributed by atoms with Crippen LogP contribution in [0.1, 0.15) is 52.9 Å². The largest absolute Gasteiger partial charge is 0.467 e. The molecule has 0 bridgehead atoms. The van der Waals surface area contributed by atoms with Crippen LogP contribution in [0.4, 0.5) is 4.79 Å². The summed E-state index contributed by atoms with van der Waals surface area (Å²) >= 11 is 6.31. The minimum atomic E-state index is -0.597. The second kappa shape index (κ2) is 6.65. The molecule has 0 N–H and O–H groups in total. The first-order chi connectivity index (χ1) is 10.2. The van der Waals surface area contributed by atoms with Gasteiger partial charge in [0.05, 0.1) is 7.11 Å². The lowest BCUT2D eigenvalue weighted by Crippen LogP contribution is -2.59. The Morgan fingerprint density at radius 2 is 1.77 bits per heavy atom. The Bertz CT molecular complexity index is 434. The zero-order valence-electron chi connectivity index (χ0n) is 13.8. The van der Waals surface area contributed by atoms with Gasteiger partial charge in [0, 0.05) is 11.4 Å². The van der Waals surface area contributed by atoms with Gasteiger partial charge in [-0.15, -0.1) is 11.6 Å². The normalized spacial score (nSPS) is 32.1. The molecule has 0 unspecified atom stereocenters. The maximum Gasteiger partial charge on any atom is 0.411 e. The molecule has 1 saturated heterocycles. The van der Waals surface area contributed by atoms with E-state index in [1.165, 1.54) is 7.11 Å². The first-order valence-corrected chi connectivity index (χ1v) is 8.40. The number of hydrogen-bond donors (Lipinski definition) is 0. The molecule has 1 heterocycles. The number of halogens is 1. The predicted molar refractivity (Wildman–Crippen MR) is 83.9 cm³/mol. The van der Waals surface area contributed by atoms with Gasteiger partial charge in [-0.05, 0) is 58.8 Å². The van der Waals surface area contributed by atoms with Gasteiger partial charge >= 0.3 is 12.1 Å². The monoisotopic (exact) mass is 331 g/mol. The predicted octanol–water partition coefficient (Wildman–Crippen LogP) is 3.34. The van der Waals surface area contributed by atoms with Crippen LogP contribution in [0.3, 0.4) is 0 Å². The van der Waals surface area contributed by atoms with E-state index < -0.39 is 17.7 Å². The van der Waals surface area contributed by atoms with E-state index in [1.807, 2.05) is 20.8 Å². The van der Waals surface area contributed by atoms with Crippen molar-refractivity contribution < 1.29 is 19.1 Å². The van der Waals surface area contributed by atoms with Gasteiger partial charge in [-0.3, -0.25) is 4.90 Å². The second-order valence-electron chi connectivity index (χ2n) is 7.24. The minimum Gasteiger partial charge on any atom is -0.467 e. The van der Waals surface area contributed by atoms with Gasteiger partial charge in [0.2, 0.25) is 0 Å². The zero-order chi connectivity index (χ0) is 16.5. The lowest BCUT2D eigenvalue weighted by atomic mass is 9.76. The number of alkyl halides is 1. The molecule has 5 nitrogen and oxygen atoms in total. The standard InChI is InChI=1S/C16H26ClNO4/c1-16(2,3)22-15(20)18-12(14(19)21-4)8-6-10-5-7-11(17)9-13(10)18/h10-13H,5-9H2,1-4H3/t10-,11+,12+,13-/m1/s1. The third-order valence-corrected chi connectivity index (χ3v) is 4.87. The van der Waals surface area contributed by atoms with E-state index >= 15 is 0 Å². The Kier molecular flexibility index (Phi) is 5.25. The second-order valence-corrected chi connectivity index (χ2v) is 7.86. The quantitative estimate of drug-likeness (QED) is 0.546. The average Bonchev–Trinajstić information content (AvgIpc) is 2.43. The van der Waals surface area contributed by atoms with Crippen molar-refractivity contribution in [1.29, 1.82) is 0 Å². The molecule has 0 spiro atoms. The summed E-state index contributed by atoms with van der Waals surface area (Å²) in [5, 5.41) is 0.0441. The number of amides is 1. The molecule has 2 fully saturated rings. The van der Waals surface area contributed by atoms with Crippen molar-refractivity contribution in [3.8, 4) is 0 Å². The highest BCUT2D eigenvalue weighted by Crippen LogP contribution is 2.40. The molecule has 0 aromatic carbocycles. The lowest BCUT2D eigenvalue weighted by Gasteiger charge is -2.48. The Hall–Kier alpha value is -0.970. The minimum absolute atomic E-state index is 0.0380. The van der Waals surface area contributed by atoms with Gasteiger partial charge in [-0.2, -0.15) is 0 Å². The van der Waals surface area contributed by atoms with Gasteiger partial charge in [0.15, 0.2) is 0 Å². The number of fused-ring (bicyclic) bond motifs is 1. The zero-order valence-corrected chi connectivity index (χ0v) is 14.6. The molecule has 0 radical (unpaired) electrons. The molecule has 1 aliphatic carbocycles. The van der Waals surface area contributed by atoms with Gasteiger partial charge < -0.3 is 9.47 Å². The van der Waals surface area contributed by atoms with Gasteiger partial charge in [-0.25, -0.2) is 9.59 Å². The number of nitrogens with zero attached hydrogens (tertiary/aromatic N) is 1. The van der Waals surface area contributed by atoms with Crippen LogP contribution in [-0.2, 0) is 14.3 Å². The molecule has 126 valence electrons. The summed E-state index contributed by atoms with van der Waals surface area (Å²) in [5.41, 5.74) is -0.597. The van der Waals surface area contributed by atoms with Crippen LogP contribution in [0.15, 0.2) is 0 Å². The smallest absolute Gasteiger partial charge is 0.411 e. The maximum absolute atomic E-state index is 12.7. The Balaban J connectivity index is 2.25. The highest BCUT2D eigenvalue weighted by atomic mass is 35.5. The van der Waals surface area contributed by atoms with Crippen molar-refractivity contribution in [2.24, 2.45) is 5.92 Å². The summed E-state index contributed by atoms with van der Waals surface area (Å²) in [6.07, 6.45) is 3.77. The topological polar surface area (TPSA) is 55.8 Å². The molecule has 0 aromatic heterocycles. The fraction of sp³-hybridized carbons (Fsp3) is 0.875. The van der Waals surface area contributed by atoms with Gasteiger partial charge in [0.25, 0.3) is 0 Å². The molecule has 1 saturated carbocycles. The third kappa shape index (κ3) is 3.86. The number of rotatable bonds is 1. The fourth-order valence-corrected chi connectivity index (χ4v) is 3.83. The molecule has 2 aliphatic rings. The number of likely N-dealkylation sites (tertiary alicyclic amines) is 1. The molecule has 2 rings (SSSR count). The summed E-state index contributed by atoms with van der Waals surface area (Å²) in [7, 11) is 1.35. The van der Waals surface area contributed by atoms with Crippen LogP contribution in [0.25, 0.3) is 0 Å². The molecular formula is C16H26ClNO4. The molecule has 0 aromatic rings. The first-order valence-electron chi connectivity index (χ1n) is 7.96. The summed E-state index contributed by atoms with van der Waals surface area (Å²) in [5.74, 6) is 0.0180. The van der Waals surface area contributed by atoms with E-state index in [9.17, 15) is 9.59 Å². The summed E-state index contributed by atoms with van der Waals surface area (Å²) in [6, 6.07) is -0.605. The van der Waals surface area contributed by atoms with E-state index in [1.54, 1.807) is 4.90 Å². The van der Waals surface area contributed by atoms with Crippen molar-refractivity contribution >= 4 is 23.7 Å². The van der Waals surface area contributed by atoms with E-state index in [2.05, 4.69) is 0 Å². The lowest BCUT2D eigenvalue weighted by molar-refractivity contribution is -0.151. The molecular weight excluding hydrogens is 306 g/mol. The van der Waals surface area contributed by atoms with Gasteiger partial charge in [-0.1, -0.05) is 0 Å². The maximum atomic E-state index is 12.7. The highest BCUT2D eigenvalue weighted by molar-refractivity contribution is 6.20. The van der Waals surface area contributed by atoms with Crippen LogP contribution in [0.2, 0.25) is 0 Å². The van der Waals surface area contributed by atoms with Crippen molar-refractivity contribution in [1.82, 2.24) is 4.90 Å². The van der Waals surface area contributed by atoms with E-state index in [-0.39, 0.29) is 17.4 Å². The molecule has 1 aliphatic heterocycles. The summed E-state index contributed by atoms with van der Waals surface area (Å²) in [4.78, 5) is 26.4. The third-order valence-electron chi connectivity index (χ3n) is 4.47. The van der Waals surface area contributed by atoms with Crippen LogP contribution in [0.5, 0.6) is 0 Å². The number of carbonyl (C=O) groups excluding carboxylic acids is 2. The number of hydrogen-bond acceptors (Lipinski definition) is 4. The molecule has 1 amide bonds. The van der Waals surface area contributed by atoms with Crippen molar-refractivity contribution in [2.45, 2.75) is 75.9 Å². The summed E-state index contributed by atoms with van der Waals surface area (Å²) in [6.45, 7) is 5.47. The highest BCUT2D eigenvalue weighted by Gasteiger charge is 2.47. The first kappa shape index (κ1) is 17.4. The number of piperidine rings is 1. The average molecular weight is 332 g/mol. The van der Waals surface area contributed by atoms with Crippen LogP contribution < -0.4 is 0 Å². The van der Waals surface area contributed by atoms with Crippen LogP contribution >= 0.6 is 11.6 Å². The van der Waals surface area contributed by atoms with Crippen LogP contribution in [-0.4, -0.2) is 47.1 Å². The van der Waals surface area contributed by atoms with Crippen LogP contribution in [0, 0.1) is 5.92 Å².